The standard InChI is InChI=1S/C12H18FNO2/c1-5-12(13)6-8-14(9-7-12)10(15)16-11(2,3)4/h1H,6-9H2,2-4H3. The molecule has 0 aromatic heterocycles. The Morgan fingerprint density at radius 2 is 1.94 bits per heavy atom. The second kappa shape index (κ2) is 4.32. The summed E-state index contributed by atoms with van der Waals surface area (Å²) in [7, 11) is 0. The molecule has 0 aromatic rings. The Labute approximate surface area is 95.9 Å². The fraction of sp³-hybridized carbons (Fsp3) is 0.750. The van der Waals surface area contributed by atoms with Crippen molar-refractivity contribution in [3.05, 3.63) is 0 Å². The molecule has 3 nitrogen and oxygen atoms in total. The number of hydrogen-bond donors (Lipinski definition) is 0. The topological polar surface area (TPSA) is 29.5 Å². The first-order chi connectivity index (χ1) is 7.26. The lowest BCUT2D eigenvalue weighted by Crippen LogP contribution is -2.45. The lowest BCUT2D eigenvalue weighted by Gasteiger charge is -2.34. The van der Waals surface area contributed by atoms with E-state index in [2.05, 4.69) is 5.92 Å². The molecule has 0 aromatic carbocycles. The Morgan fingerprint density at radius 3 is 2.31 bits per heavy atom. The number of amides is 1. The van der Waals surface area contributed by atoms with Crippen LogP contribution in [0.4, 0.5) is 9.18 Å². The number of ether oxygens (including phenoxy) is 1. The number of terminal acetylenes is 1. The van der Waals surface area contributed by atoms with Crippen LogP contribution in [0.5, 0.6) is 0 Å². The predicted octanol–water partition coefficient (Wildman–Crippen LogP) is 2.36. The number of carbonyl (C=O) groups is 1. The van der Waals surface area contributed by atoms with Gasteiger partial charge in [0.25, 0.3) is 0 Å². The summed E-state index contributed by atoms with van der Waals surface area (Å²) in [6.45, 7) is 6.03. The fourth-order valence-corrected chi connectivity index (χ4v) is 1.51. The molecule has 0 spiro atoms. The van der Waals surface area contributed by atoms with Gasteiger partial charge in [-0.25, -0.2) is 9.18 Å². The van der Waals surface area contributed by atoms with E-state index in [0.29, 0.717) is 13.1 Å². The van der Waals surface area contributed by atoms with Gasteiger partial charge in [-0.15, -0.1) is 6.42 Å². The summed E-state index contributed by atoms with van der Waals surface area (Å²) in [4.78, 5) is 13.1. The average molecular weight is 227 g/mol. The largest absolute Gasteiger partial charge is 0.444 e. The maximum atomic E-state index is 13.7. The Morgan fingerprint density at radius 1 is 1.44 bits per heavy atom. The minimum atomic E-state index is -1.56. The maximum absolute atomic E-state index is 13.7. The minimum Gasteiger partial charge on any atom is -0.444 e. The molecular weight excluding hydrogens is 209 g/mol. The zero-order valence-corrected chi connectivity index (χ0v) is 10.0. The lowest BCUT2D eigenvalue weighted by atomic mass is 9.95. The van der Waals surface area contributed by atoms with Gasteiger partial charge in [0.15, 0.2) is 5.67 Å². The van der Waals surface area contributed by atoms with Gasteiger partial charge in [-0.3, -0.25) is 0 Å². The summed E-state index contributed by atoms with van der Waals surface area (Å²) in [5.74, 6) is 2.14. The monoisotopic (exact) mass is 227 g/mol. The number of nitrogens with zero attached hydrogens (tertiary/aromatic N) is 1. The molecule has 0 bridgehead atoms. The van der Waals surface area contributed by atoms with E-state index in [-0.39, 0.29) is 12.8 Å². The highest BCUT2D eigenvalue weighted by Crippen LogP contribution is 2.26. The second-order valence-electron chi connectivity index (χ2n) is 5.08. The quantitative estimate of drug-likeness (QED) is 0.594. The van der Waals surface area contributed by atoms with Crippen molar-refractivity contribution >= 4 is 6.09 Å². The number of alkyl halides is 1. The molecule has 1 saturated heterocycles. The van der Waals surface area contributed by atoms with Crippen molar-refractivity contribution in [1.82, 2.24) is 4.90 Å². The maximum Gasteiger partial charge on any atom is 0.410 e. The van der Waals surface area contributed by atoms with Crippen molar-refractivity contribution in [1.29, 1.82) is 0 Å². The van der Waals surface area contributed by atoms with E-state index in [1.807, 2.05) is 0 Å². The summed E-state index contributed by atoms with van der Waals surface area (Å²) in [6.07, 6.45) is 5.07. The highest BCUT2D eigenvalue weighted by Gasteiger charge is 2.35. The number of rotatable bonds is 0. The number of likely N-dealkylation sites (tertiary alicyclic amines) is 1. The van der Waals surface area contributed by atoms with Gasteiger partial charge in [0.1, 0.15) is 5.60 Å². The minimum absolute atomic E-state index is 0.183. The molecule has 4 heteroatoms. The van der Waals surface area contributed by atoms with E-state index < -0.39 is 17.4 Å². The summed E-state index contributed by atoms with van der Waals surface area (Å²) in [5.41, 5.74) is -2.08. The highest BCUT2D eigenvalue weighted by atomic mass is 19.1. The van der Waals surface area contributed by atoms with Crippen LogP contribution in [0.3, 0.4) is 0 Å². The van der Waals surface area contributed by atoms with Crippen LogP contribution >= 0.6 is 0 Å². The Bertz CT molecular complexity index is 306. The van der Waals surface area contributed by atoms with Crippen LogP contribution in [0.25, 0.3) is 0 Å². The first-order valence-corrected chi connectivity index (χ1v) is 5.40. The highest BCUT2D eigenvalue weighted by molar-refractivity contribution is 5.68. The van der Waals surface area contributed by atoms with E-state index in [0.717, 1.165) is 0 Å². The Kier molecular flexibility index (Phi) is 3.47. The van der Waals surface area contributed by atoms with Gasteiger partial charge in [0.2, 0.25) is 0 Å². The van der Waals surface area contributed by atoms with Crippen LogP contribution in [0, 0.1) is 12.3 Å². The molecule has 0 atom stereocenters. The smallest absolute Gasteiger partial charge is 0.410 e. The molecule has 1 fully saturated rings. The van der Waals surface area contributed by atoms with Crippen LogP contribution < -0.4 is 0 Å². The third-order valence-corrected chi connectivity index (χ3v) is 2.47. The van der Waals surface area contributed by atoms with Crippen molar-refractivity contribution in [2.45, 2.75) is 44.9 Å². The van der Waals surface area contributed by atoms with E-state index in [1.165, 1.54) is 4.90 Å². The summed E-state index contributed by atoms with van der Waals surface area (Å²) in [5, 5.41) is 0. The lowest BCUT2D eigenvalue weighted by molar-refractivity contribution is 0.0118. The molecule has 0 saturated carbocycles. The molecule has 0 aliphatic carbocycles. The molecule has 1 rings (SSSR count). The summed E-state index contributed by atoms with van der Waals surface area (Å²) >= 11 is 0. The molecule has 0 unspecified atom stereocenters. The normalized spacial score (nSPS) is 20.1. The first kappa shape index (κ1) is 12.8. The van der Waals surface area contributed by atoms with Gasteiger partial charge in [-0.2, -0.15) is 0 Å². The Hall–Kier alpha value is -1.24. The molecule has 1 amide bonds. The number of piperidine rings is 1. The van der Waals surface area contributed by atoms with Gasteiger partial charge in [-0.1, -0.05) is 5.92 Å². The van der Waals surface area contributed by atoms with Gasteiger partial charge < -0.3 is 9.64 Å². The van der Waals surface area contributed by atoms with Crippen LogP contribution in [0.1, 0.15) is 33.6 Å². The van der Waals surface area contributed by atoms with Crippen molar-refractivity contribution in [2.75, 3.05) is 13.1 Å². The van der Waals surface area contributed by atoms with E-state index in [4.69, 9.17) is 11.2 Å². The van der Waals surface area contributed by atoms with Crippen LogP contribution in [-0.4, -0.2) is 35.4 Å². The third kappa shape index (κ3) is 3.41. The van der Waals surface area contributed by atoms with Crippen LogP contribution in [0.2, 0.25) is 0 Å². The third-order valence-electron chi connectivity index (χ3n) is 2.47. The van der Waals surface area contributed by atoms with E-state index in [1.54, 1.807) is 20.8 Å². The molecule has 1 aliphatic heterocycles. The Balaban J connectivity index is 2.49. The SMILES string of the molecule is C#CC1(F)CCN(C(=O)OC(C)(C)C)CC1. The van der Waals surface area contributed by atoms with Crippen molar-refractivity contribution in [2.24, 2.45) is 0 Å². The molecule has 0 N–H and O–H groups in total. The van der Waals surface area contributed by atoms with Gasteiger partial charge in [0, 0.05) is 25.9 Å². The summed E-state index contributed by atoms with van der Waals surface area (Å²) < 4.78 is 18.9. The molecule has 1 aliphatic rings. The van der Waals surface area contributed by atoms with Crippen molar-refractivity contribution in [3.8, 4) is 12.3 Å². The predicted molar refractivity (Wildman–Crippen MR) is 59.7 cm³/mol. The van der Waals surface area contributed by atoms with Crippen LogP contribution in [-0.2, 0) is 4.74 Å². The van der Waals surface area contributed by atoms with E-state index >= 15 is 0 Å². The molecule has 90 valence electrons. The first-order valence-electron chi connectivity index (χ1n) is 5.40. The summed E-state index contributed by atoms with van der Waals surface area (Å²) in [6, 6.07) is 0. The van der Waals surface area contributed by atoms with Gasteiger partial charge >= 0.3 is 6.09 Å². The van der Waals surface area contributed by atoms with Gasteiger partial charge in [-0.05, 0) is 20.8 Å². The fourth-order valence-electron chi connectivity index (χ4n) is 1.51. The number of hydrogen-bond acceptors (Lipinski definition) is 2. The molecular formula is C12H18FNO2. The zero-order chi connectivity index (χ0) is 12.4. The average Bonchev–Trinajstić information content (AvgIpc) is 2.16. The van der Waals surface area contributed by atoms with Crippen molar-refractivity contribution < 1.29 is 13.9 Å². The molecule has 1 heterocycles. The number of halogens is 1. The zero-order valence-electron chi connectivity index (χ0n) is 10.0. The number of carbonyl (C=O) groups excluding carboxylic acids is 1. The van der Waals surface area contributed by atoms with Gasteiger partial charge in [0.05, 0.1) is 0 Å². The van der Waals surface area contributed by atoms with E-state index in [9.17, 15) is 9.18 Å². The molecule has 0 radical (unpaired) electrons. The van der Waals surface area contributed by atoms with Crippen LogP contribution in [0.15, 0.2) is 0 Å². The second-order valence-corrected chi connectivity index (χ2v) is 5.08. The molecule has 16 heavy (non-hydrogen) atoms. The van der Waals surface area contributed by atoms with Crippen molar-refractivity contribution in [3.63, 3.8) is 0 Å².